The molecule has 0 spiro atoms. The van der Waals surface area contributed by atoms with Crippen molar-refractivity contribution in [3.63, 3.8) is 0 Å². The van der Waals surface area contributed by atoms with Gasteiger partial charge in [-0.05, 0) is 12.8 Å². The molecule has 0 saturated carbocycles. The van der Waals surface area contributed by atoms with Gasteiger partial charge in [-0.25, -0.2) is 4.79 Å². The third kappa shape index (κ3) is 8.99. The summed E-state index contributed by atoms with van der Waals surface area (Å²) >= 11 is 6.85. The fraction of sp³-hybridized carbons (Fsp3) is 0.792. The van der Waals surface area contributed by atoms with Gasteiger partial charge in [0.25, 0.3) is 5.88 Å². The van der Waals surface area contributed by atoms with Crippen molar-refractivity contribution in [2.45, 2.75) is 97.1 Å². The lowest BCUT2D eigenvalue weighted by molar-refractivity contribution is -0.946. The van der Waals surface area contributed by atoms with E-state index in [-0.39, 0.29) is 6.23 Å². The summed E-state index contributed by atoms with van der Waals surface area (Å²) in [4.78, 5) is 11.6. The van der Waals surface area contributed by atoms with Gasteiger partial charge in [-0.3, -0.25) is 4.48 Å². The average molecular weight is 487 g/mol. The number of hydrogen-bond donors (Lipinski definition) is 0. The van der Waals surface area contributed by atoms with Crippen LogP contribution in [0.4, 0.5) is 4.79 Å². The van der Waals surface area contributed by atoms with Crippen molar-refractivity contribution in [2.24, 2.45) is 0 Å². The minimum Gasteiger partial charge on any atom is -0.475 e. The van der Waals surface area contributed by atoms with E-state index in [4.69, 9.17) is 21.1 Å². The van der Waals surface area contributed by atoms with E-state index in [1.165, 1.54) is 56.7 Å². The molecule has 1 aromatic heterocycles. The second-order valence-electron chi connectivity index (χ2n) is 9.07. The minimum absolute atomic E-state index is 0.250. The molecule has 0 radical (unpaired) electrons. The SMILES string of the molecule is CCCCCCCCC(OC(=O)Cl)[N+]1(C)CCC=C(c2nsnc2OCCCCCC)C1. The number of rotatable bonds is 16. The molecule has 2 heterocycles. The highest BCUT2D eigenvalue weighted by Gasteiger charge is 2.39. The zero-order valence-corrected chi connectivity index (χ0v) is 21.7. The number of carbonyl (C=O) groups excluding carboxylic acids is 1. The van der Waals surface area contributed by atoms with Gasteiger partial charge in [-0.1, -0.05) is 71.3 Å². The van der Waals surface area contributed by atoms with Gasteiger partial charge < -0.3 is 9.47 Å². The van der Waals surface area contributed by atoms with Crippen molar-refractivity contribution in [3.05, 3.63) is 11.8 Å². The zero-order valence-electron chi connectivity index (χ0n) is 20.1. The number of unbranched alkanes of at least 4 members (excludes halogenated alkanes) is 8. The molecular weight excluding hydrogens is 446 g/mol. The molecule has 32 heavy (non-hydrogen) atoms. The Morgan fingerprint density at radius 2 is 1.78 bits per heavy atom. The van der Waals surface area contributed by atoms with Crippen molar-refractivity contribution < 1.29 is 18.8 Å². The van der Waals surface area contributed by atoms with Crippen LogP contribution in [-0.4, -0.2) is 51.6 Å². The van der Waals surface area contributed by atoms with Crippen LogP contribution in [0.15, 0.2) is 6.08 Å². The van der Waals surface area contributed by atoms with Crippen molar-refractivity contribution in [3.8, 4) is 5.88 Å². The highest BCUT2D eigenvalue weighted by Crippen LogP contribution is 2.33. The third-order valence-electron chi connectivity index (χ3n) is 6.29. The number of carbonyl (C=O) groups is 1. The van der Waals surface area contributed by atoms with Crippen LogP contribution in [0.1, 0.15) is 96.6 Å². The predicted molar refractivity (Wildman–Crippen MR) is 132 cm³/mol. The molecular formula is C24H41ClN3O3S+. The Kier molecular flexibility index (Phi) is 12.6. The molecule has 0 saturated heterocycles. The first-order valence-electron chi connectivity index (χ1n) is 12.3. The highest BCUT2D eigenvalue weighted by atomic mass is 35.5. The molecule has 8 heteroatoms. The Morgan fingerprint density at radius 3 is 2.50 bits per heavy atom. The number of halogens is 1. The average Bonchev–Trinajstić information content (AvgIpc) is 3.23. The van der Waals surface area contributed by atoms with Gasteiger partial charge in [-0.15, -0.1) is 4.37 Å². The Balaban J connectivity index is 1.98. The molecule has 0 N–H and O–H groups in total. The maximum atomic E-state index is 11.6. The van der Waals surface area contributed by atoms with Crippen LogP contribution < -0.4 is 4.74 Å². The van der Waals surface area contributed by atoms with Crippen LogP contribution >= 0.6 is 23.3 Å². The summed E-state index contributed by atoms with van der Waals surface area (Å²) in [5.41, 5.74) is 1.24. The largest absolute Gasteiger partial charge is 0.475 e. The Bertz CT molecular complexity index is 712. The fourth-order valence-electron chi connectivity index (χ4n) is 4.36. The maximum absolute atomic E-state index is 11.6. The minimum atomic E-state index is -0.720. The van der Waals surface area contributed by atoms with E-state index in [2.05, 4.69) is 35.7 Å². The van der Waals surface area contributed by atoms with E-state index in [0.29, 0.717) is 17.0 Å². The lowest BCUT2D eigenvalue weighted by atomic mass is 10.0. The number of hydrogen-bond acceptors (Lipinski definition) is 6. The lowest BCUT2D eigenvalue weighted by Gasteiger charge is -2.42. The lowest BCUT2D eigenvalue weighted by Crippen LogP contribution is -2.56. The maximum Gasteiger partial charge on any atom is 0.408 e. The van der Waals surface area contributed by atoms with Crippen LogP contribution in [0.3, 0.4) is 0 Å². The molecule has 1 aliphatic heterocycles. The van der Waals surface area contributed by atoms with E-state index >= 15 is 0 Å². The first kappa shape index (κ1) is 27.1. The molecule has 0 bridgehead atoms. The molecule has 0 amide bonds. The first-order valence-corrected chi connectivity index (χ1v) is 13.5. The van der Waals surface area contributed by atoms with E-state index < -0.39 is 5.43 Å². The van der Waals surface area contributed by atoms with E-state index in [0.717, 1.165) is 56.5 Å². The van der Waals surface area contributed by atoms with Crippen LogP contribution in [0.2, 0.25) is 0 Å². The molecule has 2 rings (SSSR count). The van der Waals surface area contributed by atoms with Crippen LogP contribution in [0.25, 0.3) is 5.57 Å². The molecule has 6 nitrogen and oxygen atoms in total. The summed E-state index contributed by atoms with van der Waals surface area (Å²) in [6, 6.07) is 0. The second kappa shape index (κ2) is 14.9. The van der Waals surface area contributed by atoms with Crippen LogP contribution in [-0.2, 0) is 4.74 Å². The van der Waals surface area contributed by atoms with Gasteiger partial charge in [-0.2, -0.15) is 4.37 Å². The van der Waals surface area contributed by atoms with Crippen molar-refractivity contribution in [1.82, 2.24) is 8.75 Å². The molecule has 182 valence electrons. The molecule has 0 fully saturated rings. The Hall–Kier alpha value is -1.18. The summed E-state index contributed by atoms with van der Waals surface area (Å²) in [5.74, 6) is 0.632. The van der Waals surface area contributed by atoms with Crippen LogP contribution in [0, 0.1) is 0 Å². The number of aromatic nitrogens is 2. The summed E-state index contributed by atoms with van der Waals surface area (Å²) in [6.07, 6.45) is 15.6. The van der Waals surface area contributed by atoms with Crippen molar-refractivity contribution in [2.75, 3.05) is 26.7 Å². The number of quaternary nitrogens is 1. The molecule has 2 unspecified atom stereocenters. The number of ether oxygens (including phenoxy) is 2. The van der Waals surface area contributed by atoms with Gasteiger partial charge in [0.1, 0.15) is 12.2 Å². The first-order chi connectivity index (χ1) is 15.5. The second-order valence-corrected chi connectivity index (χ2v) is 9.91. The van der Waals surface area contributed by atoms with Gasteiger partial charge in [0.15, 0.2) is 0 Å². The van der Waals surface area contributed by atoms with Gasteiger partial charge in [0.2, 0.25) is 6.23 Å². The normalized spacial score (nSPS) is 19.4. The highest BCUT2D eigenvalue weighted by molar-refractivity contribution is 6.99. The van der Waals surface area contributed by atoms with Gasteiger partial charge in [0, 0.05) is 30.0 Å². The quantitative estimate of drug-likeness (QED) is 0.140. The molecule has 1 aromatic rings. The fourth-order valence-corrected chi connectivity index (χ4v) is 4.99. The Morgan fingerprint density at radius 1 is 1.09 bits per heavy atom. The Labute approximate surface area is 203 Å². The van der Waals surface area contributed by atoms with Gasteiger partial charge in [0.05, 0.1) is 31.9 Å². The summed E-state index contributed by atoms with van der Waals surface area (Å²) in [5, 5.41) is 0. The summed E-state index contributed by atoms with van der Waals surface area (Å²) in [7, 11) is 2.15. The molecule has 2 atom stereocenters. The van der Waals surface area contributed by atoms with E-state index in [1.54, 1.807) is 0 Å². The third-order valence-corrected chi connectivity index (χ3v) is 6.89. The molecule has 0 aromatic carbocycles. The summed E-state index contributed by atoms with van der Waals surface area (Å²) < 4.78 is 21.1. The smallest absolute Gasteiger partial charge is 0.408 e. The molecule has 1 aliphatic rings. The van der Waals surface area contributed by atoms with Gasteiger partial charge >= 0.3 is 5.43 Å². The van der Waals surface area contributed by atoms with E-state index in [9.17, 15) is 4.79 Å². The topological polar surface area (TPSA) is 61.3 Å². The van der Waals surface area contributed by atoms with Crippen molar-refractivity contribution in [1.29, 1.82) is 0 Å². The predicted octanol–water partition coefficient (Wildman–Crippen LogP) is 7.18. The monoisotopic (exact) mass is 486 g/mol. The number of likely N-dealkylation sites (N-methyl/N-ethyl adjacent to an activating group) is 1. The van der Waals surface area contributed by atoms with E-state index in [1.807, 2.05) is 0 Å². The zero-order chi connectivity index (χ0) is 23.2. The summed E-state index contributed by atoms with van der Waals surface area (Å²) in [6.45, 7) is 6.72. The van der Waals surface area contributed by atoms with Crippen molar-refractivity contribution >= 4 is 34.3 Å². The standard InChI is InChI=1S/C24H41ClN3O3S/c1-4-6-8-10-11-12-16-21(31-24(25)29)28(3)17-14-15-20(19-28)22-23(27-32-26-22)30-18-13-9-7-5-2/h15,21H,4-14,16-19H2,1-3H3/q+1. The number of nitrogens with zero attached hydrogens (tertiary/aromatic N) is 3. The van der Waals surface area contributed by atoms with Crippen LogP contribution in [0.5, 0.6) is 5.88 Å². The molecule has 0 aliphatic carbocycles.